The molecule has 18 heavy (non-hydrogen) atoms. The van der Waals surface area contributed by atoms with Crippen LogP contribution < -0.4 is 5.32 Å². The smallest absolute Gasteiger partial charge is 0.150 e. The second kappa shape index (κ2) is 5.49. The van der Waals surface area contributed by atoms with E-state index in [9.17, 15) is 8.42 Å². The van der Waals surface area contributed by atoms with E-state index < -0.39 is 9.84 Å². The number of sulfone groups is 1. The van der Waals surface area contributed by atoms with Gasteiger partial charge < -0.3 is 5.32 Å². The first-order valence-electron chi connectivity index (χ1n) is 7.41. The third-order valence-corrected chi connectivity index (χ3v) is 6.48. The fourth-order valence-corrected chi connectivity index (χ4v) is 4.52. The Labute approximate surface area is 112 Å². The van der Waals surface area contributed by atoms with Crippen molar-refractivity contribution in [2.45, 2.75) is 46.0 Å². The Morgan fingerprint density at radius 1 is 1.22 bits per heavy atom. The van der Waals surface area contributed by atoms with Crippen molar-refractivity contribution in [1.82, 2.24) is 5.32 Å². The summed E-state index contributed by atoms with van der Waals surface area (Å²) in [5.41, 5.74) is 0.283. The number of nitrogens with one attached hydrogen (secondary N) is 1. The molecule has 1 N–H and O–H groups in total. The average molecular weight is 273 g/mol. The maximum atomic E-state index is 11.7. The van der Waals surface area contributed by atoms with E-state index in [1.165, 1.54) is 19.3 Å². The third kappa shape index (κ3) is 3.47. The SMILES string of the molecule is CCCNCC1(CCS(=O)(=O)CC)CC2CC2C1. The molecule has 0 aliphatic heterocycles. The largest absolute Gasteiger partial charge is 0.316 e. The van der Waals surface area contributed by atoms with E-state index in [2.05, 4.69) is 12.2 Å². The van der Waals surface area contributed by atoms with Gasteiger partial charge in [0.15, 0.2) is 0 Å². The first kappa shape index (κ1) is 14.3. The van der Waals surface area contributed by atoms with Crippen LogP contribution in [0.1, 0.15) is 46.0 Å². The molecule has 2 aliphatic rings. The topological polar surface area (TPSA) is 46.2 Å². The van der Waals surface area contributed by atoms with Gasteiger partial charge in [-0.05, 0) is 55.9 Å². The van der Waals surface area contributed by atoms with Crippen molar-refractivity contribution in [1.29, 1.82) is 0 Å². The van der Waals surface area contributed by atoms with Gasteiger partial charge in [0.1, 0.15) is 9.84 Å². The molecule has 2 fully saturated rings. The fourth-order valence-electron chi connectivity index (χ4n) is 3.49. The van der Waals surface area contributed by atoms with Crippen LogP contribution in [0.15, 0.2) is 0 Å². The van der Waals surface area contributed by atoms with Gasteiger partial charge in [-0.2, -0.15) is 0 Å². The van der Waals surface area contributed by atoms with E-state index in [1.54, 1.807) is 6.92 Å². The van der Waals surface area contributed by atoms with Crippen molar-refractivity contribution >= 4 is 9.84 Å². The maximum absolute atomic E-state index is 11.7. The zero-order valence-electron chi connectivity index (χ0n) is 11.7. The highest BCUT2D eigenvalue weighted by atomic mass is 32.2. The van der Waals surface area contributed by atoms with E-state index >= 15 is 0 Å². The first-order valence-corrected chi connectivity index (χ1v) is 9.23. The lowest BCUT2D eigenvalue weighted by molar-refractivity contribution is 0.242. The quantitative estimate of drug-likeness (QED) is 0.690. The molecule has 3 nitrogen and oxygen atoms in total. The molecule has 0 aromatic carbocycles. The zero-order chi connectivity index (χ0) is 13.2. The van der Waals surface area contributed by atoms with Crippen LogP contribution in [0.5, 0.6) is 0 Å². The number of hydrogen-bond donors (Lipinski definition) is 1. The van der Waals surface area contributed by atoms with Crippen LogP contribution in [0.25, 0.3) is 0 Å². The Hall–Kier alpha value is -0.0900. The number of rotatable bonds is 8. The minimum atomic E-state index is -2.81. The Bertz CT molecular complexity index is 367. The Kier molecular flexibility index (Phi) is 4.37. The molecule has 2 saturated carbocycles. The standard InChI is InChI=1S/C14H27NO2S/c1-3-6-15-11-14(5-7-18(16,17)4-2)9-12-8-13(12)10-14/h12-13,15H,3-11H2,1-2H3. The van der Waals surface area contributed by atoms with Crippen molar-refractivity contribution in [2.75, 3.05) is 24.6 Å². The molecular weight excluding hydrogens is 246 g/mol. The molecule has 106 valence electrons. The Morgan fingerprint density at radius 2 is 1.89 bits per heavy atom. The number of fused-ring (bicyclic) bond motifs is 1. The highest BCUT2D eigenvalue weighted by Crippen LogP contribution is 2.60. The van der Waals surface area contributed by atoms with Crippen molar-refractivity contribution in [3.8, 4) is 0 Å². The summed E-state index contributed by atoms with van der Waals surface area (Å²) in [5, 5.41) is 3.52. The van der Waals surface area contributed by atoms with E-state index in [0.717, 1.165) is 37.8 Å². The summed E-state index contributed by atoms with van der Waals surface area (Å²) in [5.74, 6) is 2.50. The normalized spacial score (nSPS) is 34.6. The lowest BCUT2D eigenvalue weighted by Crippen LogP contribution is -2.35. The predicted octanol–water partition coefficient (Wildman–Crippen LogP) is 2.23. The minimum absolute atomic E-state index is 0.283. The summed E-state index contributed by atoms with van der Waals surface area (Å²) in [6.07, 6.45) is 5.93. The highest BCUT2D eigenvalue weighted by Gasteiger charge is 2.53. The van der Waals surface area contributed by atoms with Gasteiger partial charge >= 0.3 is 0 Å². The zero-order valence-corrected chi connectivity index (χ0v) is 12.6. The third-order valence-electron chi connectivity index (χ3n) is 4.77. The average Bonchev–Trinajstić information content (AvgIpc) is 2.96. The second-order valence-electron chi connectivity index (χ2n) is 6.33. The molecule has 0 aromatic heterocycles. The van der Waals surface area contributed by atoms with Crippen LogP contribution >= 0.6 is 0 Å². The van der Waals surface area contributed by atoms with Crippen LogP contribution in [0.4, 0.5) is 0 Å². The van der Waals surface area contributed by atoms with Crippen LogP contribution in [-0.4, -0.2) is 33.0 Å². The Balaban J connectivity index is 1.89. The van der Waals surface area contributed by atoms with Gasteiger partial charge in [-0.25, -0.2) is 8.42 Å². The molecule has 0 amide bonds. The molecular formula is C14H27NO2S. The summed E-state index contributed by atoms with van der Waals surface area (Å²) >= 11 is 0. The lowest BCUT2D eigenvalue weighted by atomic mass is 9.80. The van der Waals surface area contributed by atoms with E-state index in [0.29, 0.717) is 11.5 Å². The highest BCUT2D eigenvalue weighted by molar-refractivity contribution is 7.91. The molecule has 2 rings (SSSR count). The van der Waals surface area contributed by atoms with Crippen molar-refractivity contribution in [2.24, 2.45) is 17.3 Å². The first-order chi connectivity index (χ1) is 8.50. The maximum Gasteiger partial charge on any atom is 0.150 e. The fraction of sp³-hybridized carbons (Fsp3) is 1.00. The summed E-state index contributed by atoms with van der Waals surface area (Å²) in [6, 6.07) is 0. The molecule has 0 bridgehead atoms. The van der Waals surface area contributed by atoms with Gasteiger partial charge in [0.05, 0.1) is 5.75 Å². The summed E-state index contributed by atoms with van der Waals surface area (Å²) < 4.78 is 23.4. The van der Waals surface area contributed by atoms with Crippen LogP contribution in [0.3, 0.4) is 0 Å². The van der Waals surface area contributed by atoms with Gasteiger partial charge in [-0.1, -0.05) is 13.8 Å². The summed E-state index contributed by atoms with van der Waals surface area (Å²) in [7, 11) is -2.81. The Morgan fingerprint density at radius 3 is 2.44 bits per heavy atom. The van der Waals surface area contributed by atoms with Crippen molar-refractivity contribution in [3.05, 3.63) is 0 Å². The van der Waals surface area contributed by atoms with E-state index in [-0.39, 0.29) is 5.41 Å². The summed E-state index contributed by atoms with van der Waals surface area (Å²) in [6.45, 7) is 6.00. The monoisotopic (exact) mass is 273 g/mol. The van der Waals surface area contributed by atoms with Gasteiger partial charge in [0, 0.05) is 12.3 Å². The van der Waals surface area contributed by atoms with Gasteiger partial charge in [-0.3, -0.25) is 0 Å². The molecule has 2 aliphatic carbocycles. The van der Waals surface area contributed by atoms with Crippen LogP contribution in [-0.2, 0) is 9.84 Å². The minimum Gasteiger partial charge on any atom is -0.316 e. The summed E-state index contributed by atoms with van der Waals surface area (Å²) in [4.78, 5) is 0. The van der Waals surface area contributed by atoms with E-state index in [4.69, 9.17) is 0 Å². The van der Waals surface area contributed by atoms with Gasteiger partial charge in [0.25, 0.3) is 0 Å². The van der Waals surface area contributed by atoms with E-state index in [1.807, 2.05) is 0 Å². The lowest BCUT2D eigenvalue weighted by Gasteiger charge is -2.31. The number of hydrogen-bond acceptors (Lipinski definition) is 3. The molecule has 0 saturated heterocycles. The van der Waals surface area contributed by atoms with Crippen LogP contribution in [0, 0.1) is 17.3 Å². The van der Waals surface area contributed by atoms with Crippen LogP contribution in [0.2, 0.25) is 0 Å². The molecule has 0 heterocycles. The molecule has 4 heteroatoms. The molecule has 2 atom stereocenters. The van der Waals surface area contributed by atoms with Gasteiger partial charge in [0.2, 0.25) is 0 Å². The second-order valence-corrected chi connectivity index (χ2v) is 8.80. The van der Waals surface area contributed by atoms with Crippen molar-refractivity contribution < 1.29 is 8.42 Å². The molecule has 0 aromatic rings. The van der Waals surface area contributed by atoms with Crippen molar-refractivity contribution in [3.63, 3.8) is 0 Å². The molecule has 0 spiro atoms. The predicted molar refractivity (Wildman–Crippen MR) is 75.4 cm³/mol. The molecule has 0 radical (unpaired) electrons. The molecule has 2 unspecified atom stereocenters. The van der Waals surface area contributed by atoms with Gasteiger partial charge in [-0.15, -0.1) is 0 Å².